The van der Waals surface area contributed by atoms with Crippen molar-refractivity contribution in [3.8, 4) is 5.75 Å². The summed E-state index contributed by atoms with van der Waals surface area (Å²) in [5.41, 5.74) is 1.19. The van der Waals surface area contributed by atoms with Crippen LogP contribution in [-0.4, -0.2) is 29.3 Å². The van der Waals surface area contributed by atoms with E-state index >= 15 is 0 Å². The number of carbonyl (C=O) groups excluding carboxylic acids is 2. The molecule has 2 amide bonds. The predicted octanol–water partition coefficient (Wildman–Crippen LogP) is 3.11. The molecular weight excluding hydrogens is 338 g/mol. The molecule has 1 saturated heterocycles. The van der Waals surface area contributed by atoms with Gasteiger partial charge in [0.2, 0.25) is 11.8 Å². The number of carbonyl (C=O) groups is 2. The highest BCUT2D eigenvalue weighted by Crippen LogP contribution is 2.33. The third kappa shape index (κ3) is 3.66. The van der Waals surface area contributed by atoms with Gasteiger partial charge in [-0.25, -0.2) is 0 Å². The quantitative estimate of drug-likeness (QED) is 0.863. The van der Waals surface area contributed by atoms with Crippen LogP contribution in [0.25, 0.3) is 0 Å². The fourth-order valence-corrected chi connectivity index (χ4v) is 3.56. The maximum Gasteiger partial charge on any atom is 0.247 e. The maximum absolute atomic E-state index is 12.6. The van der Waals surface area contributed by atoms with Gasteiger partial charge in [0.15, 0.2) is 5.17 Å². The summed E-state index contributed by atoms with van der Waals surface area (Å²) >= 11 is 1.09. The zero-order chi connectivity index (χ0) is 17.8. The van der Waals surface area contributed by atoms with Crippen LogP contribution >= 0.6 is 11.8 Å². The first-order valence-corrected chi connectivity index (χ1v) is 8.55. The van der Waals surface area contributed by atoms with Crippen LogP contribution in [0.5, 0.6) is 5.75 Å². The Balaban J connectivity index is 1.68. The Hall–Kier alpha value is -2.80. The summed E-state index contributed by atoms with van der Waals surface area (Å²) < 4.78 is 5.20. The molecule has 2 aromatic rings. The molecule has 25 heavy (non-hydrogen) atoms. The zero-order valence-electron chi connectivity index (χ0n) is 13.6. The molecule has 0 bridgehead atoms. The van der Waals surface area contributed by atoms with Crippen LogP contribution in [0.4, 0.5) is 11.4 Å². The lowest BCUT2D eigenvalue weighted by molar-refractivity contribution is -0.121. The number of para-hydroxylation sites is 3. The molecule has 6 nitrogen and oxygen atoms in total. The maximum atomic E-state index is 12.6. The van der Waals surface area contributed by atoms with Crippen molar-refractivity contribution in [2.24, 2.45) is 0 Å². The number of thioether (sulfide) groups is 1. The van der Waals surface area contributed by atoms with Gasteiger partial charge in [-0.15, -0.1) is 0 Å². The van der Waals surface area contributed by atoms with Crippen molar-refractivity contribution in [1.29, 1.82) is 5.41 Å². The monoisotopic (exact) mass is 355 g/mol. The number of nitrogens with zero attached hydrogens (tertiary/aromatic N) is 1. The SMILES string of the molecule is COc1ccccc1NC(=O)C[C@@H]1SC(=N)N(c2ccccc2)C1=O. The van der Waals surface area contributed by atoms with Gasteiger partial charge in [0.1, 0.15) is 11.0 Å². The number of rotatable bonds is 5. The third-order valence-electron chi connectivity index (χ3n) is 3.72. The van der Waals surface area contributed by atoms with Crippen LogP contribution in [0, 0.1) is 5.41 Å². The number of ether oxygens (including phenoxy) is 1. The molecule has 0 aromatic heterocycles. The van der Waals surface area contributed by atoms with E-state index in [1.165, 1.54) is 12.0 Å². The van der Waals surface area contributed by atoms with Gasteiger partial charge in [-0.05, 0) is 24.3 Å². The molecule has 2 N–H and O–H groups in total. The Kier molecular flexibility index (Phi) is 5.04. The molecule has 1 atom stereocenters. The lowest BCUT2D eigenvalue weighted by Gasteiger charge is -2.15. The van der Waals surface area contributed by atoms with E-state index in [4.69, 9.17) is 10.1 Å². The molecule has 1 aliphatic rings. The van der Waals surface area contributed by atoms with Gasteiger partial charge in [-0.1, -0.05) is 42.1 Å². The van der Waals surface area contributed by atoms with E-state index in [9.17, 15) is 9.59 Å². The smallest absolute Gasteiger partial charge is 0.247 e. The molecule has 0 saturated carbocycles. The summed E-state index contributed by atoms with van der Waals surface area (Å²) in [4.78, 5) is 26.2. The highest BCUT2D eigenvalue weighted by atomic mass is 32.2. The Labute approximate surface area is 149 Å². The number of benzene rings is 2. The standard InChI is InChI=1S/C18H17N3O3S/c1-24-14-10-6-5-9-13(14)20-16(22)11-15-17(23)21(18(19)25-15)12-7-3-2-4-8-12/h2-10,15,19H,11H2,1H3,(H,20,22)/t15-/m0/s1. The zero-order valence-corrected chi connectivity index (χ0v) is 14.4. The van der Waals surface area contributed by atoms with Crippen molar-refractivity contribution in [3.05, 3.63) is 54.6 Å². The summed E-state index contributed by atoms with van der Waals surface area (Å²) in [7, 11) is 1.53. The summed E-state index contributed by atoms with van der Waals surface area (Å²) in [6.07, 6.45) is -0.00668. The molecule has 0 spiro atoms. The van der Waals surface area contributed by atoms with Crippen LogP contribution in [0.3, 0.4) is 0 Å². The van der Waals surface area contributed by atoms with Crippen molar-refractivity contribution < 1.29 is 14.3 Å². The van der Waals surface area contributed by atoms with E-state index in [-0.39, 0.29) is 23.4 Å². The molecule has 0 aliphatic carbocycles. The van der Waals surface area contributed by atoms with Gasteiger partial charge >= 0.3 is 0 Å². The number of amidine groups is 1. The number of hydrogen-bond donors (Lipinski definition) is 2. The van der Waals surface area contributed by atoms with E-state index in [1.807, 2.05) is 24.3 Å². The summed E-state index contributed by atoms with van der Waals surface area (Å²) in [6, 6.07) is 16.1. The molecular formula is C18H17N3O3S. The first kappa shape index (κ1) is 17.0. The van der Waals surface area contributed by atoms with Crippen LogP contribution in [0.2, 0.25) is 0 Å². The topological polar surface area (TPSA) is 82.5 Å². The Morgan fingerprint density at radius 3 is 2.60 bits per heavy atom. The van der Waals surface area contributed by atoms with Crippen molar-refractivity contribution in [2.45, 2.75) is 11.7 Å². The average Bonchev–Trinajstić information content (AvgIpc) is 2.89. The molecule has 7 heteroatoms. The lowest BCUT2D eigenvalue weighted by Crippen LogP contribution is -2.33. The normalized spacial score (nSPS) is 16.8. The molecule has 2 aromatic carbocycles. The second-order valence-electron chi connectivity index (χ2n) is 5.37. The minimum Gasteiger partial charge on any atom is -0.495 e. The van der Waals surface area contributed by atoms with E-state index in [0.717, 1.165) is 11.8 Å². The molecule has 3 rings (SSSR count). The van der Waals surface area contributed by atoms with Crippen molar-refractivity contribution in [1.82, 2.24) is 0 Å². The minimum atomic E-state index is -0.609. The Bertz CT molecular complexity index is 810. The number of amides is 2. The van der Waals surface area contributed by atoms with Crippen molar-refractivity contribution in [2.75, 3.05) is 17.3 Å². The highest BCUT2D eigenvalue weighted by molar-refractivity contribution is 8.16. The second kappa shape index (κ2) is 7.40. The van der Waals surface area contributed by atoms with Crippen LogP contribution in [0.15, 0.2) is 54.6 Å². The van der Waals surface area contributed by atoms with E-state index in [1.54, 1.807) is 30.3 Å². The molecule has 128 valence electrons. The third-order valence-corrected chi connectivity index (χ3v) is 4.78. The van der Waals surface area contributed by atoms with Gasteiger partial charge in [0.25, 0.3) is 0 Å². The van der Waals surface area contributed by atoms with Gasteiger partial charge in [-0.2, -0.15) is 0 Å². The van der Waals surface area contributed by atoms with Gasteiger partial charge in [-0.3, -0.25) is 19.9 Å². The first-order chi connectivity index (χ1) is 12.1. The minimum absolute atomic E-state index is 0.00668. The molecule has 1 heterocycles. The number of hydrogen-bond acceptors (Lipinski definition) is 5. The average molecular weight is 355 g/mol. The summed E-state index contributed by atoms with van der Waals surface area (Å²) in [5, 5.41) is 10.3. The first-order valence-electron chi connectivity index (χ1n) is 7.67. The second-order valence-corrected chi connectivity index (χ2v) is 6.56. The van der Waals surface area contributed by atoms with Crippen LogP contribution < -0.4 is 15.0 Å². The van der Waals surface area contributed by atoms with Crippen molar-refractivity contribution in [3.63, 3.8) is 0 Å². The number of anilines is 2. The lowest BCUT2D eigenvalue weighted by atomic mass is 10.2. The Morgan fingerprint density at radius 2 is 1.88 bits per heavy atom. The fraction of sp³-hybridized carbons (Fsp3) is 0.167. The van der Waals surface area contributed by atoms with Gasteiger partial charge in [0, 0.05) is 6.42 Å². The number of methoxy groups -OCH3 is 1. The van der Waals surface area contributed by atoms with Crippen LogP contribution in [-0.2, 0) is 9.59 Å². The fourth-order valence-electron chi connectivity index (χ4n) is 2.55. The van der Waals surface area contributed by atoms with E-state index in [2.05, 4.69) is 5.32 Å². The summed E-state index contributed by atoms with van der Waals surface area (Å²) in [5.74, 6) is 0.00865. The molecule has 1 aliphatic heterocycles. The van der Waals surface area contributed by atoms with Crippen molar-refractivity contribution >= 4 is 40.1 Å². The summed E-state index contributed by atoms with van der Waals surface area (Å²) in [6.45, 7) is 0. The predicted molar refractivity (Wildman–Crippen MR) is 99.3 cm³/mol. The molecule has 0 unspecified atom stereocenters. The number of nitrogens with one attached hydrogen (secondary N) is 2. The Morgan fingerprint density at radius 1 is 1.20 bits per heavy atom. The van der Waals surface area contributed by atoms with E-state index < -0.39 is 5.25 Å². The molecule has 0 radical (unpaired) electrons. The molecule has 1 fully saturated rings. The van der Waals surface area contributed by atoms with Crippen LogP contribution in [0.1, 0.15) is 6.42 Å². The van der Waals surface area contributed by atoms with E-state index in [0.29, 0.717) is 17.1 Å². The van der Waals surface area contributed by atoms with Gasteiger partial charge in [0.05, 0.1) is 18.5 Å². The van der Waals surface area contributed by atoms with Gasteiger partial charge < -0.3 is 10.1 Å². The highest BCUT2D eigenvalue weighted by Gasteiger charge is 2.39. The largest absolute Gasteiger partial charge is 0.495 e.